The number of hydrogen-bond donors (Lipinski definition) is 1. The first-order valence-corrected chi connectivity index (χ1v) is 13.7. The van der Waals surface area contributed by atoms with Crippen molar-refractivity contribution in [3.63, 3.8) is 0 Å². The Hall–Kier alpha value is -3.00. The molecule has 1 N–H and O–H groups in total. The highest BCUT2D eigenvalue weighted by Gasteiger charge is 2.53. The number of nitrogens with zero attached hydrogens (tertiary/aromatic N) is 3. The monoisotopic (exact) mass is 551 g/mol. The number of anilines is 1. The number of aryl methyl sites for hydroxylation is 1. The first kappa shape index (κ1) is 24.1. The molecule has 2 saturated carbocycles. The van der Waals surface area contributed by atoms with Gasteiger partial charge in [0.2, 0.25) is 0 Å². The smallest absolute Gasteiger partial charge is 0.337 e. The van der Waals surface area contributed by atoms with Crippen molar-refractivity contribution < 1.29 is 19.2 Å². The molecule has 0 unspecified atom stereocenters. The van der Waals surface area contributed by atoms with Crippen LogP contribution in [0.1, 0.15) is 53.3 Å². The van der Waals surface area contributed by atoms with E-state index in [-0.39, 0.29) is 11.5 Å². The molecule has 9 heteroatoms. The third kappa shape index (κ3) is 3.91. The molecule has 38 heavy (non-hydrogen) atoms. The summed E-state index contributed by atoms with van der Waals surface area (Å²) in [6.45, 7) is 2.40. The Morgan fingerprint density at radius 2 is 1.92 bits per heavy atom. The van der Waals surface area contributed by atoms with Crippen LogP contribution in [0.5, 0.6) is 0 Å². The summed E-state index contributed by atoms with van der Waals surface area (Å²) in [7, 11) is 1.89. The molecule has 2 aromatic carbocycles. The number of halogens is 2. The second-order valence-corrected chi connectivity index (χ2v) is 11.9. The quantitative estimate of drug-likeness (QED) is 0.269. The minimum Gasteiger partial charge on any atom is -0.478 e. The molecule has 0 amide bonds. The second kappa shape index (κ2) is 8.76. The number of hydrogen-bond acceptors (Lipinski definition) is 5. The normalized spacial score (nSPS) is 18.7. The molecule has 3 fully saturated rings. The average molecular weight is 552 g/mol. The molecule has 4 aromatic rings. The van der Waals surface area contributed by atoms with Gasteiger partial charge in [0.1, 0.15) is 11.5 Å². The summed E-state index contributed by atoms with van der Waals surface area (Å²) in [4.78, 5) is 13.9. The maximum atomic E-state index is 11.5. The van der Waals surface area contributed by atoms with E-state index in [0.29, 0.717) is 39.4 Å². The Morgan fingerprint density at radius 3 is 2.61 bits per heavy atom. The standard InChI is InChI=1S/C29H27Cl2N3O4/c1-33-12-20(28(35)36)19-8-7-17(9-24(19)33)34-14-29(15-34)10-18(11-29)37-13-21-26(32-38-27(21)16-5-6-16)25-22(30)3-2-4-23(25)31/h2-4,7-9,12,16,18H,5-6,10-11,13-15H2,1H3,(H,35,36). The number of benzene rings is 2. The van der Waals surface area contributed by atoms with Crippen molar-refractivity contribution in [1.82, 2.24) is 9.72 Å². The molecule has 1 saturated heterocycles. The summed E-state index contributed by atoms with van der Waals surface area (Å²) in [5.41, 5.74) is 5.05. The number of carbonyl (C=O) groups is 1. The second-order valence-electron chi connectivity index (χ2n) is 11.1. The van der Waals surface area contributed by atoms with Gasteiger partial charge in [0.15, 0.2) is 0 Å². The van der Waals surface area contributed by atoms with Crippen molar-refractivity contribution in [3.8, 4) is 11.3 Å². The van der Waals surface area contributed by atoms with Crippen LogP contribution in [0.25, 0.3) is 22.2 Å². The largest absolute Gasteiger partial charge is 0.478 e. The number of ether oxygens (including phenoxy) is 1. The third-order valence-electron chi connectivity index (χ3n) is 8.37. The lowest BCUT2D eigenvalue weighted by molar-refractivity contribution is -0.0998. The van der Waals surface area contributed by atoms with Gasteiger partial charge in [-0.1, -0.05) is 34.4 Å². The van der Waals surface area contributed by atoms with E-state index in [1.54, 1.807) is 6.20 Å². The number of rotatable bonds is 7. The fourth-order valence-corrected chi connectivity index (χ4v) is 6.79. The van der Waals surface area contributed by atoms with Crippen LogP contribution in [0, 0.1) is 5.41 Å². The van der Waals surface area contributed by atoms with E-state index in [4.69, 9.17) is 32.5 Å². The van der Waals surface area contributed by atoms with Gasteiger partial charge >= 0.3 is 5.97 Å². The highest BCUT2D eigenvalue weighted by molar-refractivity contribution is 6.39. The highest BCUT2D eigenvalue weighted by atomic mass is 35.5. The van der Waals surface area contributed by atoms with Gasteiger partial charge in [0.25, 0.3) is 0 Å². The molecule has 0 atom stereocenters. The summed E-state index contributed by atoms with van der Waals surface area (Å²) < 4.78 is 14.0. The Kier molecular flexibility index (Phi) is 5.55. The lowest BCUT2D eigenvalue weighted by Gasteiger charge is -2.59. The fourth-order valence-electron chi connectivity index (χ4n) is 6.22. The number of carboxylic acid groups (broad SMARTS) is 1. The maximum absolute atomic E-state index is 11.5. The molecule has 7 nitrogen and oxygen atoms in total. The van der Waals surface area contributed by atoms with Crippen LogP contribution in [0.4, 0.5) is 5.69 Å². The minimum absolute atomic E-state index is 0.196. The molecule has 196 valence electrons. The molecule has 3 aliphatic rings. The van der Waals surface area contributed by atoms with Crippen LogP contribution in [0.15, 0.2) is 47.1 Å². The predicted octanol–water partition coefficient (Wildman–Crippen LogP) is 6.90. The van der Waals surface area contributed by atoms with E-state index in [1.807, 2.05) is 41.9 Å². The van der Waals surface area contributed by atoms with Crippen LogP contribution in [0.3, 0.4) is 0 Å². The van der Waals surface area contributed by atoms with Crippen molar-refractivity contribution in [3.05, 3.63) is 69.5 Å². The van der Waals surface area contributed by atoms with Gasteiger partial charge in [-0.15, -0.1) is 0 Å². The molecular weight excluding hydrogens is 525 g/mol. The van der Waals surface area contributed by atoms with Crippen molar-refractivity contribution in [2.75, 3.05) is 18.0 Å². The molecule has 1 aliphatic heterocycles. The molecular formula is C29H27Cl2N3O4. The van der Waals surface area contributed by atoms with Gasteiger partial charge in [-0.05, 0) is 56.0 Å². The first-order chi connectivity index (χ1) is 18.3. The number of carboxylic acids is 1. The van der Waals surface area contributed by atoms with E-state index in [1.165, 1.54) is 0 Å². The average Bonchev–Trinajstić information content (AvgIpc) is 3.52. The SMILES string of the molecule is Cn1cc(C(=O)O)c2ccc(N3CC4(CC(OCc5c(-c6c(Cl)cccc6Cl)noc5C5CC5)C4)C3)cc21. The van der Waals surface area contributed by atoms with Crippen LogP contribution in [-0.2, 0) is 18.4 Å². The summed E-state index contributed by atoms with van der Waals surface area (Å²) >= 11 is 13.0. The van der Waals surface area contributed by atoms with E-state index >= 15 is 0 Å². The van der Waals surface area contributed by atoms with Gasteiger partial charge in [0.05, 0.1) is 33.8 Å². The summed E-state index contributed by atoms with van der Waals surface area (Å²) in [5, 5.41) is 15.7. The Balaban J connectivity index is 1.01. The zero-order chi connectivity index (χ0) is 26.2. The van der Waals surface area contributed by atoms with Crippen molar-refractivity contribution in [2.24, 2.45) is 12.5 Å². The molecule has 2 aliphatic carbocycles. The molecule has 2 aromatic heterocycles. The van der Waals surface area contributed by atoms with E-state index in [9.17, 15) is 9.90 Å². The van der Waals surface area contributed by atoms with Gasteiger partial charge < -0.3 is 23.8 Å². The molecule has 3 heterocycles. The number of fused-ring (bicyclic) bond motifs is 1. The molecule has 7 rings (SSSR count). The molecule has 0 bridgehead atoms. The van der Waals surface area contributed by atoms with Gasteiger partial charge in [-0.3, -0.25) is 0 Å². The van der Waals surface area contributed by atoms with Crippen LogP contribution in [-0.4, -0.2) is 40.0 Å². The molecule has 0 radical (unpaired) electrons. The topological polar surface area (TPSA) is 80.7 Å². The third-order valence-corrected chi connectivity index (χ3v) is 9.00. The van der Waals surface area contributed by atoms with Crippen LogP contribution >= 0.6 is 23.2 Å². The predicted molar refractivity (Wildman–Crippen MR) is 146 cm³/mol. The van der Waals surface area contributed by atoms with Crippen molar-refractivity contribution >= 4 is 45.8 Å². The lowest BCUT2D eigenvalue weighted by atomic mass is 9.61. The van der Waals surface area contributed by atoms with E-state index < -0.39 is 5.97 Å². The summed E-state index contributed by atoms with van der Waals surface area (Å²) in [6.07, 6.45) is 6.12. The Bertz CT molecular complexity index is 1550. The lowest BCUT2D eigenvalue weighted by Crippen LogP contribution is -2.64. The van der Waals surface area contributed by atoms with Crippen molar-refractivity contribution in [2.45, 2.75) is 44.3 Å². The van der Waals surface area contributed by atoms with Gasteiger partial charge in [-0.25, -0.2) is 4.79 Å². The number of aromatic carboxylic acids is 1. The van der Waals surface area contributed by atoms with Crippen LogP contribution in [0.2, 0.25) is 10.0 Å². The summed E-state index contributed by atoms with van der Waals surface area (Å²) in [5.74, 6) is 0.406. The van der Waals surface area contributed by atoms with E-state index in [0.717, 1.165) is 66.7 Å². The van der Waals surface area contributed by atoms with Gasteiger partial charge in [-0.2, -0.15) is 0 Å². The zero-order valence-corrected chi connectivity index (χ0v) is 22.4. The van der Waals surface area contributed by atoms with Crippen molar-refractivity contribution in [1.29, 1.82) is 0 Å². The van der Waals surface area contributed by atoms with E-state index in [2.05, 4.69) is 16.1 Å². The zero-order valence-electron chi connectivity index (χ0n) is 20.9. The Labute approximate surface area is 229 Å². The highest BCUT2D eigenvalue weighted by Crippen LogP contribution is 2.52. The van der Waals surface area contributed by atoms with Crippen LogP contribution < -0.4 is 4.90 Å². The number of aromatic nitrogens is 2. The fraction of sp³-hybridized carbons (Fsp3) is 0.379. The molecule has 1 spiro atoms. The minimum atomic E-state index is -0.899. The maximum Gasteiger partial charge on any atom is 0.337 e. The summed E-state index contributed by atoms with van der Waals surface area (Å²) in [6, 6.07) is 11.5. The Morgan fingerprint density at radius 1 is 1.18 bits per heavy atom. The van der Waals surface area contributed by atoms with Gasteiger partial charge in [0, 0.05) is 59.9 Å². The first-order valence-electron chi connectivity index (χ1n) is 12.9.